The van der Waals surface area contributed by atoms with Crippen LogP contribution in [-0.2, 0) is 4.79 Å². The average Bonchev–Trinajstić information content (AvgIpc) is 3.08. The highest BCUT2D eigenvalue weighted by atomic mass is 35.5. The predicted octanol–water partition coefficient (Wildman–Crippen LogP) is 4.13. The number of methoxy groups -OCH3 is 1. The molecule has 6 nitrogen and oxygen atoms in total. The van der Waals surface area contributed by atoms with E-state index in [0.717, 1.165) is 6.42 Å². The summed E-state index contributed by atoms with van der Waals surface area (Å²) in [6.45, 7) is 2.98. The molecule has 2 aromatic rings. The Kier molecular flexibility index (Phi) is 5.86. The lowest BCUT2D eigenvalue weighted by Gasteiger charge is -2.20. The molecule has 1 saturated heterocycles. The van der Waals surface area contributed by atoms with Gasteiger partial charge in [-0.05, 0) is 43.7 Å². The van der Waals surface area contributed by atoms with E-state index in [1.165, 1.54) is 0 Å². The fourth-order valence-electron chi connectivity index (χ4n) is 3.04. The van der Waals surface area contributed by atoms with Gasteiger partial charge in [0.05, 0.1) is 25.0 Å². The molecule has 1 heterocycles. The van der Waals surface area contributed by atoms with E-state index in [9.17, 15) is 9.59 Å². The number of amides is 2. The Labute approximate surface area is 163 Å². The van der Waals surface area contributed by atoms with Crippen molar-refractivity contribution < 1.29 is 19.1 Å². The minimum Gasteiger partial charge on any atom is -0.493 e. The number of rotatable bonds is 6. The van der Waals surface area contributed by atoms with Crippen LogP contribution < -0.4 is 19.7 Å². The topological polar surface area (TPSA) is 67.9 Å². The Morgan fingerprint density at radius 3 is 2.70 bits per heavy atom. The van der Waals surface area contributed by atoms with Gasteiger partial charge in [0.15, 0.2) is 11.5 Å². The maximum atomic E-state index is 12.9. The zero-order chi connectivity index (χ0) is 19.4. The van der Waals surface area contributed by atoms with E-state index in [2.05, 4.69) is 5.32 Å². The summed E-state index contributed by atoms with van der Waals surface area (Å²) in [5, 5.41) is 3.32. The maximum absolute atomic E-state index is 12.9. The molecule has 0 atom stereocenters. The predicted molar refractivity (Wildman–Crippen MR) is 105 cm³/mol. The van der Waals surface area contributed by atoms with Crippen molar-refractivity contribution in [2.24, 2.45) is 0 Å². The molecule has 1 fully saturated rings. The number of nitrogens with zero attached hydrogens (tertiary/aromatic N) is 1. The first-order valence-electron chi connectivity index (χ1n) is 8.75. The van der Waals surface area contributed by atoms with Gasteiger partial charge < -0.3 is 19.7 Å². The van der Waals surface area contributed by atoms with Crippen molar-refractivity contribution in [2.75, 3.05) is 30.5 Å². The fourth-order valence-corrected chi connectivity index (χ4v) is 3.21. The van der Waals surface area contributed by atoms with Gasteiger partial charge in [0.25, 0.3) is 5.91 Å². The molecule has 0 radical (unpaired) electrons. The third kappa shape index (κ3) is 4.17. The van der Waals surface area contributed by atoms with Gasteiger partial charge in [-0.3, -0.25) is 9.59 Å². The molecule has 0 bridgehead atoms. The van der Waals surface area contributed by atoms with Crippen LogP contribution in [0.4, 0.5) is 11.4 Å². The molecule has 2 aromatic carbocycles. The van der Waals surface area contributed by atoms with Crippen LogP contribution in [0.1, 0.15) is 30.1 Å². The smallest absolute Gasteiger partial charge is 0.257 e. The Hall–Kier alpha value is -2.73. The standard InChI is InChI=1S/C20H21ClN2O4/c1-3-27-17-9-7-14(12-18(17)26-2)22-20(25)15-8-6-13(21)11-16(15)23-10-4-5-19(23)24/h6-9,11-12H,3-5,10H2,1-2H3,(H,22,25). The second-order valence-electron chi connectivity index (χ2n) is 6.06. The summed E-state index contributed by atoms with van der Waals surface area (Å²) in [5.74, 6) is 0.801. The molecule has 3 rings (SSSR count). The second kappa shape index (κ2) is 8.31. The van der Waals surface area contributed by atoms with Crippen molar-refractivity contribution in [1.29, 1.82) is 0 Å². The van der Waals surface area contributed by atoms with Gasteiger partial charge in [-0.2, -0.15) is 0 Å². The van der Waals surface area contributed by atoms with Gasteiger partial charge in [0.2, 0.25) is 5.91 Å². The number of benzene rings is 2. The van der Waals surface area contributed by atoms with E-state index in [4.69, 9.17) is 21.1 Å². The van der Waals surface area contributed by atoms with Crippen LogP contribution in [0.3, 0.4) is 0 Å². The number of ether oxygens (including phenoxy) is 2. The van der Waals surface area contributed by atoms with Crippen LogP contribution >= 0.6 is 11.6 Å². The fraction of sp³-hybridized carbons (Fsp3) is 0.300. The first-order chi connectivity index (χ1) is 13.0. The van der Waals surface area contributed by atoms with Gasteiger partial charge >= 0.3 is 0 Å². The molecule has 7 heteroatoms. The van der Waals surface area contributed by atoms with Crippen molar-refractivity contribution in [3.8, 4) is 11.5 Å². The molecule has 0 saturated carbocycles. The summed E-state index contributed by atoms with van der Waals surface area (Å²) in [5.41, 5.74) is 1.48. The Balaban J connectivity index is 1.87. The number of hydrogen-bond acceptors (Lipinski definition) is 4. The molecule has 1 aliphatic rings. The van der Waals surface area contributed by atoms with Crippen LogP contribution in [0.5, 0.6) is 11.5 Å². The van der Waals surface area contributed by atoms with Crippen molar-refractivity contribution in [3.63, 3.8) is 0 Å². The molecule has 142 valence electrons. The Morgan fingerprint density at radius 1 is 1.22 bits per heavy atom. The third-order valence-corrected chi connectivity index (χ3v) is 4.53. The molecular formula is C20H21ClN2O4. The normalized spacial score (nSPS) is 13.6. The number of nitrogens with one attached hydrogen (secondary N) is 1. The Bertz CT molecular complexity index is 869. The molecule has 0 aromatic heterocycles. The van der Waals surface area contributed by atoms with Crippen LogP contribution in [0.15, 0.2) is 36.4 Å². The van der Waals surface area contributed by atoms with E-state index < -0.39 is 0 Å². The number of halogens is 1. The summed E-state index contributed by atoms with van der Waals surface area (Å²) in [7, 11) is 1.54. The van der Waals surface area contributed by atoms with E-state index in [1.54, 1.807) is 48.4 Å². The summed E-state index contributed by atoms with van der Waals surface area (Å²) in [4.78, 5) is 26.6. The molecule has 1 N–H and O–H groups in total. The van der Waals surface area contributed by atoms with Crippen molar-refractivity contribution >= 4 is 34.8 Å². The van der Waals surface area contributed by atoms with Crippen LogP contribution in [0.25, 0.3) is 0 Å². The van der Waals surface area contributed by atoms with Gasteiger partial charge in [0.1, 0.15) is 0 Å². The average molecular weight is 389 g/mol. The second-order valence-corrected chi connectivity index (χ2v) is 6.50. The van der Waals surface area contributed by atoms with Gasteiger partial charge in [0, 0.05) is 29.7 Å². The van der Waals surface area contributed by atoms with Gasteiger partial charge in [-0.25, -0.2) is 0 Å². The van der Waals surface area contributed by atoms with E-state index in [1.807, 2.05) is 6.92 Å². The molecule has 1 aliphatic heterocycles. The number of carbonyl (C=O) groups is 2. The van der Waals surface area contributed by atoms with E-state index in [-0.39, 0.29) is 11.8 Å². The van der Waals surface area contributed by atoms with Gasteiger partial charge in [-0.1, -0.05) is 11.6 Å². The third-order valence-electron chi connectivity index (χ3n) is 4.29. The molecule has 27 heavy (non-hydrogen) atoms. The lowest BCUT2D eigenvalue weighted by molar-refractivity contribution is -0.117. The highest BCUT2D eigenvalue weighted by Crippen LogP contribution is 2.32. The van der Waals surface area contributed by atoms with Crippen molar-refractivity contribution in [1.82, 2.24) is 0 Å². The van der Waals surface area contributed by atoms with Gasteiger partial charge in [-0.15, -0.1) is 0 Å². The molecule has 2 amide bonds. The maximum Gasteiger partial charge on any atom is 0.257 e. The minimum atomic E-state index is -0.326. The lowest BCUT2D eigenvalue weighted by Crippen LogP contribution is -2.27. The quantitative estimate of drug-likeness (QED) is 0.808. The highest BCUT2D eigenvalue weighted by Gasteiger charge is 2.26. The highest BCUT2D eigenvalue weighted by molar-refractivity contribution is 6.31. The summed E-state index contributed by atoms with van der Waals surface area (Å²) in [6, 6.07) is 10.1. The van der Waals surface area contributed by atoms with Crippen LogP contribution in [-0.4, -0.2) is 32.1 Å². The van der Waals surface area contributed by atoms with Crippen LogP contribution in [0.2, 0.25) is 5.02 Å². The largest absolute Gasteiger partial charge is 0.493 e. The molecular weight excluding hydrogens is 368 g/mol. The monoisotopic (exact) mass is 388 g/mol. The van der Waals surface area contributed by atoms with E-state index in [0.29, 0.717) is 53.0 Å². The van der Waals surface area contributed by atoms with Crippen molar-refractivity contribution in [2.45, 2.75) is 19.8 Å². The number of carbonyl (C=O) groups excluding carboxylic acids is 2. The van der Waals surface area contributed by atoms with Crippen molar-refractivity contribution in [3.05, 3.63) is 47.0 Å². The summed E-state index contributed by atoms with van der Waals surface area (Å²) < 4.78 is 10.8. The number of hydrogen-bond donors (Lipinski definition) is 1. The first kappa shape index (κ1) is 19.0. The molecule has 0 unspecified atom stereocenters. The SMILES string of the molecule is CCOc1ccc(NC(=O)c2ccc(Cl)cc2N2CCCC2=O)cc1OC. The lowest BCUT2D eigenvalue weighted by atomic mass is 10.1. The molecule has 0 spiro atoms. The Morgan fingerprint density at radius 2 is 2.04 bits per heavy atom. The summed E-state index contributed by atoms with van der Waals surface area (Å²) >= 11 is 6.09. The van der Waals surface area contributed by atoms with E-state index >= 15 is 0 Å². The molecule has 0 aliphatic carbocycles. The van der Waals surface area contributed by atoms with Crippen LogP contribution in [0, 0.1) is 0 Å². The first-order valence-corrected chi connectivity index (χ1v) is 9.13. The zero-order valence-electron chi connectivity index (χ0n) is 15.3. The zero-order valence-corrected chi connectivity index (χ0v) is 16.0. The minimum absolute atomic E-state index is 0.00551. The number of anilines is 2. The summed E-state index contributed by atoms with van der Waals surface area (Å²) in [6.07, 6.45) is 1.24.